The van der Waals surface area contributed by atoms with Gasteiger partial charge >= 0.3 is 0 Å². The van der Waals surface area contributed by atoms with Gasteiger partial charge < -0.3 is 31.1 Å². The van der Waals surface area contributed by atoms with Crippen molar-refractivity contribution in [3.63, 3.8) is 0 Å². The van der Waals surface area contributed by atoms with Gasteiger partial charge in [0.2, 0.25) is 17.7 Å². The molecule has 5 atom stereocenters. The van der Waals surface area contributed by atoms with E-state index in [2.05, 4.69) is 20.9 Å². The Morgan fingerprint density at radius 2 is 1.74 bits per heavy atom. The fourth-order valence-electron chi connectivity index (χ4n) is 6.30. The number of aliphatic hydroxyl groups is 2. The van der Waals surface area contributed by atoms with Crippen LogP contribution in [0, 0.1) is 11.8 Å². The number of aliphatic hydroxyl groups excluding tert-OH is 2. The molecule has 1 heterocycles. The van der Waals surface area contributed by atoms with Crippen LogP contribution < -0.4 is 16.0 Å². The van der Waals surface area contributed by atoms with Crippen LogP contribution in [-0.2, 0) is 27.2 Å². The van der Waals surface area contributed by atoms with Gasteiger partial charge in [-0.05, 0) is 30.7 Å². The second kappa shape index (κ2) is 20.5. The van der Waals surface area contributed by atoms with Crippen LogP contribution in [0.2, 0.25) is 0 Å². The summed E-state index contributed by atoms with van der Waals surface area (Å²) in [5.74, 6) is -1.32. The van der Waals surface area contributed by atoms with Gasteiger partial charge in [0.05, 0.1) is 35.4 Å². The summed E-state index contributed by atoms with van der Waals surface area (Å²) in [6, 6.07) is 8.24. The maximum Gasteiger partial charge on any atom is 0.243 e. The number of benzene rings is 1. The van der Waals surface area contributed by atoms with Gasteiger partial charge in [-0.15, -0.1) is 11.3 Å². The normalized spacial score (nSPS) is 17.0. The molecule has 1 fully saturated rings. The number of hydrogen-bond acceptors (Lipinski definition) is 8. The number of amides is 3. The standard InChI is InChI=1S/C36H57N5O5S/c1-5-12-32(42)34(44)30(20-27-15-10-7-11-16-27)39-36(46)31(22-29-23-47-24-38-29)40-35(45)28(19-26-13-8-6-9-14-26)21-33(43)41(4)18-17-37-25(2)3/h6,8-9,13-14,23-25,27-28,30-32,34,37,42,44H,5,7,10-12,15-22H2,1-4H3,(H,39,46)(H,40,45)/t28-,30+,31+,32+,34-/m1/s1. The smallest absolute Gasteiger partial charge is 0.243 e. The van der Waals surface area contributed by atoms with E-state index in [9.17, 15) is 24.6 Å². The number of aromatic nitrogens is 1. The molecule has 1 saturated carbocycles. The molecule has 5 N–H and O–H groups in total. The second-order valence-electron chi connectivity index (χ2n) is 13.5. The third kappa shape index (κ3) is 13.6. The van der Waals surface area contributed by atoms with Crippen molar-refractivity contribution < 1.29 is 24.6 Å². The summed E-state index contributed by atoms with van der Waals surface area (Å²) in [6.07, 6.45) is 5.58. The fraction of sp³-hybridized carbons (Fsp3) is 0.667. The highest BCUT2D eigenvalue weighted by Gasteiger charge is 2.34. The van der Waals surface area contributed by atoms with Crippen molar-refractivity contribution in [1.82, 2.24) is 25.8 Å². The minimum atomic E-state index is -1.12. The summed E-state index contributed by atoms with van der Waals surface area (Å²) in [5.41, 5.74) is 3.27. The number of hydrogen-bond donors (Lipinski definition) is 5. The summed E-state index contributed by atoms with van der Waals surface area (Å²) in [6.45, 7) is 7.20. The fourth-order valence-corrected chi connectivity index (χ4v) is 6.87. The van der Waals surface area contributed by atoms with Crippen molar-refractivity contribution in [3.05, 3.63) is 52.5 Å². The van der Waals surface area contributed by atoms with Crippen LogP contribution in [0.1, 0.15) is 89.8 Å². The Kier molecular flexibility index (Phi) is 16.8. The lowest BCUT2D eigenvalue weighted by molar-refractivity contribution is -0.136. The van der Waals surface area contributed by atoms with Crippen LogP contribution >= 0.6 is 11.3 Å². The minimum Gasteiger partial charge on any atom is -0.390 e. The Morgan fingerprint density at radius 3 is 2.38 bits per heavy atom. The summed E-state index contributed by atoms with van der Waals surface area (Å²) in [7, 11) is 1.74. The molecule has 1 aliphatic rings. The number of rotatable bonds is 20. The predicted molar refractivity (Wildman–Crippen MR) is 187 cm³/mol. The lowest BCUT2D eigenvalue weighted by Crippen LogP contribution is -2.56. The van der Waals surface area contributed by atoms with Crippen molar-refractivity contribution in [3.8, 4) is 0 Å². The first-order chi connectivity index (χ1) is 22.6. The predicted octanol–water partition coefficient (Wildman–Crippen LogP) is 3.85. The van der Waals surface area contributed by atoms with Crippen molar-refractivity contribution >= 4 is 29.1 Å². The third-order valence-electron chi connectivity index (χ3n) is 9.10. The monoisotopic (exact) mass is 671 g/mol. The average Bonchev–Trinajstić information content (AvgIpc) is 3.57. The molecule has 3 rings (SSSR count). The molecule has 10 nitrogen and oxygen atoms in total. The maximum absolute atomic E-state index is 14.0. The second-order valence-corrected chi connectivity index (χ2v) is 14.2. The molecule has 11 heteroatoms. The van der Waals surface area contributed by atoms with Crippen molar-refractivity contribution in [2.24, 2.45) is 11.8 Å². The zero-order chi connectivity index (χ0) is 34.2. The van der Waals surface area contributed by atoms with E-state index in [-0.39, 0.29) is 24.7 Å². The molecule has 0 saturated heterocycles. The summed E-state index contributed by atoms with van der Waals surface area (Å²) in [5, 5.41) is 33.1. The number of thiazole rings is 1. The van der Waals surface area contributed by atoms with E-state index < -0.39 is 36.1 Å². The SMILES string of the molecule is CCC[C@H](O)[C@H](O)[C@H](CC1CCCCC1)NC(=O)[C@H](Cc1cscn1)NC(=O)[C@@H](CC(=O)N(C)CCNC(C)C)Cc1ccccc1. The largest absolute Gasteiger partial charge is 0.390 e. The van der Waals surface area contributed by atoms with E-state index in [1.165, 1.54) is 17.8 Å². The van der Waals surface area contributed by atoms with Gasteiger partial charge in [0.25, 0.3) is 0 Å². The molecule has 0 unspecified atom stereocenters. The Morgan fingerprint density at radius 1 is 1.02 bits per heavy atom. The van der Waals surface area contributed by atoms with Gasteiger partial charge in [0.15, 0.2) is 0 Å². The van der Waals surface area contributed by atoms with Crippen molar-refractivity contribution in [1.29, 1.82) is 0 Å². The van der Waals surface area contributed by atoms with Gasteiger partial charge in [0, 0.05) is 44.4 Å². The molecule has 0 spiro atoms. The van der Waals surface area contributed by atoms with Crippen LogP contribution in [0.5, 0.6) is 0 Å². The van der Waals surface area contributed by atoms with E-state index >= 15 is 0 Å². The minimum absolute atomic E-state index is 0.00379. The lowest BCUT2D eigenvalue weighted by atomic mass is 9.82. The number of nitrogens with zero attached hydrogens (tertiary/aromatic N) is 2. The summed E-state index contributed by atoms with van der Waals surface area (Å²) in [4.78, 5) is 47.3. The highest BCUT2D eigenvalue weighted by atomic mass is 32.1. The molecule has 3 amide bonds. The lowest BCUT2D eigenvalue weighted by Gasteiger charge is -2.33. The maximum atomic E-state index is 14.0. The van der Waals surface area contributed by atoms with Gasteiger partial charge in [0.1, 0.15) is 6.04 Å². The Labute approximate surface area is 285 Å². The molecular weight excluding hydrogens is 614 g/mol. The first-order valence-corrected chi connectivity index (χ1v) is 18.4. The summed E-state index contributed by atoms with van der Waals surface area (Å²) >= 11 is 1.41. The van der Waals surface area contributed by atoms with Gasteiger partial charge in [-0.1, -0.05) is 89.6 Å². The Bertz CT molecular complexity index is 1190. The molecule has 0 bridgehead atoms. The molecule has 1 aliphatic carbocycles. The Hall–Kier alpha value is -2.86. The van der Waals surface area contributed by atoms with Crippen LogP contribution in [0.4, 0.5) is 0 Å². The van der Waals surface area contributed by atoms with Crippen LogP contribution in [-0.4, -0.2) is 88.3 Å². The molecule has 47 heavy (non-hydrogen) atoms. The van der Waals surface area contributed by atoms with E-state index in [4.69, 9.17) is 0 Å². The van der Waals surface area contributed by atoms with Crippen molar-refractivity contribution in [2.75, 3.05) is 20.1 Å². The zero-order valence-corrected chi connectivity index (χ0v) is 29.5. The first kappa shape index (κ1) is 38.6. The van der Waals surface area contributed by atoms with E-state index in [1.807, 2.05) is 56.5 Å². The number of likely N-dealkylation sites (N-methyl/N-ethyl adjacent to an activating group) is 1. The van der Waals surface area contributed by atoms with Crippen LogP contribution in [0.15, 0.2) is 41.2 Å². The molecule has 262 valence electrons. The number of carbonyl (C=O) groups excluding carboxylic acids is 3. The highest BCUT2D eigenvalue weighted by molar-refractivity contribution is 7.07. The summed E-state index contributed by atoms with van der Waals surface area (Å²) < 4.78 is 0. The van der Waals surface area contributed by atoms with Gasteiger partial charge in [-0.2, -0.15) is 0 Å². The molecular formula is C36H57N5O5S. The van der Waals surface area contributed by atoms with E-state index in [1.54, 1.807) is 17.5 Å². The molecule has 0 radical (unpaired) electrons. The van der Waals surface area contributed by atoms with Gasteiger partial charge in [-0.25, -0.2) is 4.98 Å². The number of nitrogens with one attached hydrogen (secondary N) is 3. The topological polar surface area (TPSA) is 144 Å². The first-order valence-electron chi connectivity index (χ1n) is 17.4. The molecule has 1 aromatic carbocycles. The van der Waals surface area contributed by atoms with E-state index in [0.717, 1.165) is 31.2 Å². The quantitative estimate of drug-likeness (QED) is 0.144. The molecule has 1 aromatic heterocycles. The van der Waals surface area contributed by atoms with E-state index in [0.29, 0.717) is 56.4 Å². The highest BCUT2D eigenvalue weighted by Crippen LogP contribution is 2.29. The third-order valence-corrected chi connectivity index (χ3v) is 9.74. The van der Waals surface area contributed by atoms with Gasteiger partial charge in [-0.3, -0.25) is 14.4 Å². The van der Waals surface area contributed by atoms with Crippen LogP contribution in [0.25, 0.3) is 0 Å². The average molecular weight is 672 g/mol. The van der Waals surface area contributed by atoms with Crippen molar-refractivity contribution in [2.45, 2.75) is 122 Å². The molecule has 2 aromatic rings. The number of carbonyl (C=O) groups is 3. The molecule has 0 aliphatic heterocycles. The Balaban J connectivity index is 1.80. The zero-order valence-electron chi connectivity index (χ0n) is 28.7. The van der Waals surface area contributed by atoms with Crippen LogP contribution in [0.3, 0.4) is 0 Å².